The summed E-state index contributed by atoms with van der Waals surface area (Å²) in [7, 11) is 0. The molecule has 106 valence electrons. The Balaban J connectivity index is 2.57. The van der Waals surface area contributed by atoms with E-state index in [2.05, 4.69) is 19.2 Å². The van der Waals surface area contributed by atoms with Gasteiger partial charge in [-0.1, -0.05) is 13.8 Å². The minimum absolute atomic E-state index is 0.0127. The Labute approximate surface area is 115 Å². The summed E-state index contributed by atoms with van der Waals surface area (Å²) < 4.78 is 0. The van der Waals surface area contributed by atoms with Crippen molar-refractivity contribution in [2.45, 2.75) is 33.6 Å². The molecule has 0 aliphatic rings. The van der Waals surface area contributed by atoms with Crippen LogP contribution in [0.25, 0.3) is 0 Å². The number of aliphatic hydroxyl groups excluding tert-OH is 1. The van der Waals surface area contributed by atoms with Crippen LogP contribution in [0.3, 0.4) is 0 Å². The number of amides is 1. The molecule has 0 saturated carbocycles. The number of benzene rings is 1. The second-order valence-electron chi connectivity index (χ2n) is 5.75. The molecule has 0 aliphatic heterocycles. The maximum Gasteiger partial charge on any atom is 0.251 e. The first-order valence-electron chi connectivity index (χ1n) is 6.61. The van der Waals surface area contributed by atoms with E-state index in [0.29, 0.717) is 17.8 Å². The summed E-state index contributed by atoms with van der Waals surface area (Å²) in [5.74, 6) is -0.0832. The van der Waals surface area contributed by atoms with Crippen molar-refractivity contribution in [3.63, 3.8) is 0 Å². The van der Waals surface area contributed by atoms with E-state index >= 15 is 0 Å². The number of nitrogens with one attached hydrogen (secondary N) is 1. The van der Waals surface area contributed by atoms with E-state index in [4.69, 9.17) is 10.8 Å². The molecule has 1 rings (SSSR count). The van der Waals surface area contributed by atoms with Crippen molar-refractivity contribution in [3.8, 4) is 0 Å². The monoisotopic (exact) mass is 264 g/mol. The summed E-state index contributed by atoms with van der Waals surface area (Å²) >= 11 is 0. The molecule has 19 heavy (non-hydrogen) atoms. The molecular weight excluding hydrogens is 240 g/mol. The summed E-state index contributed by atoms with van der Waals surface area (Å²) in [5, 5.41) is 11.8. The quantitative estimate of drug-likeness (QED) is 0.689. The highest BCUT2D eigenvalue weighted by atomic mass is 16.2. The third kappa shape index (κ3) is 4.91. The van der Waals surface area contributed by atoms with Gasteiger partial charge in [0.25, 0.3) is 5.91 Å². The Morgan fingerprint density at radius 2 is 2.11 bits per heavy atom. The van der Waals surface area contributed by atoms with Crippen LogP contribution in [0.15, 0.2) is 18.2 Å². The molecule has 0 bridgehead atoms. The van der Waals surface area contributed by atoms with Crippen LogP contribution >= 0.6 is 0 Å². The number of nitrogens with two attached hydrogens (primary N) is 1. The molecule has 0 atom stereocenters. The SMILES string of the molecule is Cc1cc(C(=O)NCC(C)(C)CCCO)ccc1N. The van der Waals surface area contributed by atoms with E-state index in [1.165, 1.54) is 0 Å². The molecule has 0 unspecified atom stereocenters. The molecule has 0 spiro atoms. The number of hydrogen-bond acceptors (Lipinski definition) is 3. The zero-order valence-corrected chi connectivity index (χ0v) is 12.0. The fourth-order valence-electron chi connectivity index (χ4n) is 1.88. The van der Waals surface area contributed by atoms with Gasteiger partial charge in [-0.15, -0.1) is 0 Å². The minimum Gasteiger partial charge on any atom is -0.399 e. The lowest BCUT2D eigenvalue weighted by atomic mass is 9.88. The number of nitrogen functional groups attached to an aromatic ring is 1. The van der Waals surface area contributed by atoms with E-state index in [0.717, 1.165) is 18.4 Å². The highest BCUT2D eigenvalue weighted by Gasteiger charge is 2.18. The van der Waals surface area contributed by atoms with Gasteiger partial charge in [-0.3, -0.25) is 4.79 Å². The van der Waals surface area contributed by atoms with Gasteiger partial charge in [0.15, 0.2) is 0 Å². The fourth-order valence-corrected chi connectivity index (χ4v) is 1.88. The summed E-state index contributed by atoms with van der Waals surface area (Å²) in [5.41, 5.74) is 7.95. The molecule has 0 fully saturated rings. The van der Waals surface area contributed by atoms with Crippen LogP contribution in [0.1, 0.15) is 42.6 Å². The lowest BCUT2D eigenvalue weighted by Gasteiger charge is -2.24. The van der Waals surface area contributed by atoms with Gasteiger partial charge in [-0.2, -0.15) is 0 Å². The lowest BCUT2D eigenvalue weighted by Crippen LogP contribution is -2.34. The Kier molecular flexibility index (Phi) is 5.36. The van der Waals surface area contributed by atoms with Gasteiger partial charge in [-0.25, -0.2) is 0 Å². The molecule has 0 radical (unpaired) electrons. The standard InChI is InChI=1S/C15H24N2O2/c1-11-9-12(5-6-13(11)16)14(19)17-10-15(2,3)7-4-8-18/h5-6,9,18H,4,7-8,10,16H2,1-3H3,(H,17,19). The normalized spacial score (nSPS) is 11.4. The highest BCUT2D eigenvalue weighted by Crippen LogP contribution is 2.21. The van der Waals surface area contributed by atoms with Gasteiger partial charge < -0.3 is 16.2 Å². The van der Waals surface area contributed by atoms with Gasteiger partial charge in [0.2, 0.25) is 0 Å². The molecular formula is C15H24N2O2. The number of hydrogen-bond donors (Lipinski definition) is 3. The second kappa shape index (κ2) is 6.57. The largest absolute Gasteiger partial charge is 0.399 e. The average molecular weight is 264 g/mol. The maximum absolute atomic E-state index is 12.0. The predicted octanol–water partition coefficient (Wildman–Crippen LogP) is 2.11. The first-order valence-corrected chi connectivity index (χ1v) is 6.61. The van der Waals surface area contributed by atoms with Gasteiger partial charge in [-0.05, 0) is 48.9 Å². The lowest BCUT2D eigenvalue weighted by molar-refractivity contribution is 0.0933. The van der Waals surface area contributed by atoms with Crippen LogP contribution in [0.5, 0.6) is 0 Å². The number of carbonyl (C=O) groups excluding carboxylic acids is 1. The van der Waals surface area contributed by atoms with E-state index in [9.17, 15) is 4.79 Å². The van der Waals surface area contributed by atoms with E-state index in [1.807, 2.05) is 6.92 Å². The van der Waals surface area contributed by atoms with Crippen molar-refractivity contribution in [3.05, 3.63) is 29.3 Å². The zero-order chi connectivity index (χ0) is 14.5. The molecule has 0 heterocycles. The molecule has 1 amide bonds. The van der Waals surface area contributed by atoms with Crippen LogP contribution in [0.4, 0.5) is 5.69 Å². The second-order valence-corrected chi connectivity index (χ2v) is 5.75. The number of anilines is 1. The average Bonchev–Trinajstić information content (AvgIpc) is 2.37. The van der Waals surface area contributed by atoms with Crippen LogP contribution < -0.4 is 11.1 Å². The highest BCUT2D eigenvalue weighted by molar-refractivity contribution is 5.94. The molecule has 1 aromatic rings. The van der Waals surface area contributed by atoms with Gasteiger partial charge in [0.05, 0.1) is 0 Å². The van der Waals surface area contributed by atoms with Gasteiger partial charge >= 0.3 is 0 Å². The topological polar surface area (TPSA) is 75.3 Å². The Morgan fingerprint density at radius 1 is 1.42 bits per heavy atom. The van der Waals surface area contributed by atoms with E-state index < -0.39 is 0 Å². The number of aliphatic hydroxyl groups is 1. The Morgan fingerprint density at radius 3 is 2.68 bits per heavy atom. The summed E-state index contributed by atoms with van der Waals surface area (Å²) in [4.78, 5) is 12.0. The molecule has 0 saturated heterocycles. The van der Waals surface area contributed by atoms with Crippen LogP contribution in [-0.2, 0) is 0 Å². The van der Waals surface area contributed by atoms with Crippen LogP contribution in [0, 0.1) is 12.3 Å². The smallest absolute Gasteiger partial charge is 0.251 e. The summed E-state index contributed by atoms with van der Waals surface area (Å²) in [6, 6.07) is 5.28. The third-order valence-electron chi connectivity index (χ3n) is 3.27. The summed E-state index contributed by atoms with van der Waals surface area (Å²) in [6.45, 7) is 6.83. The summed E-state index contributed by atoms with van der Waals surface area (Å²) in [6.07, 6.45) is 1.63. The predicted molar refractivity (Wildman–Crippen MR) is 78.0 cm³/mol. The van der Waals surface area contributed by atoms with E-state index in [-0.39, 0.29) is 17.9 Å². The maximum atomic E-state index is 12.0. The van der Waals surface area contributed by atoms with Crippen molar-refractivity contribution in [2.75, 3.05) is 18.9 Å². The minimum atomic E-state index is -0.0832. The Bertz CT molecular complexity index is 442. The molecule has 4 N–H and O–H groups in total. The number of rotatable bonds is 6. The van der Waals surface area contributed by atoms with Gasteiger partial charge in [0, 0.05) is 24.4 Å². The first kappa shape index (κ1) is 15.5. The fraction of sp³-hybridized carbons (Fsp3) is 0.533. The molecule has 4 heteroatoms. The van der Waals surface area contributed by atoms with Crippen molar-refractivity contribution in [1.29, 1.82) is 0 Å². The molecule has 4 nitrogen and oxygen atoms in total. The van der Waals surface area contributed by atoms with Crippen molar-refractivity contribution in [1.82, 2.24) is 5.32 Å². The number of aryl methyl sites for hydroxylation is 1. The van der Waals surface area contributed by atoms with Crippen molar-refractivity contribution >= 4 is 11.6 Å². The van der Waals surface area contributed by atoms with Crippen LogP contribution in [-0.4, -0.2) is 24.2 Å². The third-order valence-corrected chi connectivity index (χ3v) is 3.27. The van der Waals surface area contributed by atoms with Crippen LogP contribution in [0.2, 0.25) is 0 Å². The molecule has 1 aromatic carbocycles. The van der Waals surface area contributed by atoms with Crippen molar-refractivity contribution < 1.29 is 9.90 Å². The van der Waals surface area contributed by atoms with Gasteiger partial charge in [0.1, 0.15) is 0 Å². The first-order chi connectivity index (χ1) is 8.85. The zero-order valence-electron chi connectivity index (χ0n) is 12.0. The molecule has 0 aliphatic carbocycles. The van der Waals surface area contributed by atoms with E-state index in [1.54, 1.807) is 18.2 Å². The number of carbonyl (C=O) groups is 1. The molecule has 0 aromatic heterocycles. The Hall–Kier alpha value is -1.55. The van der Waals surface area contributed by atoms with Crippen molar-refractivity contribution in [2.24, 2.45) is 5.41 Å².